The maximum Gasteiger partial charge on any atom is 0.349 e. The Morgan fingerprint density at radius 2 is 2.02 bits per heavy atom. The summed E-state index contributed by atoms with van der Waals surface area (Å²) in [6, 6.07) is 11.1. The molecule has 0 radical (unpaired) electrons. The number of hydrogen-bond acceptors (Lipinski definition) is 10. The predicted molar refractivity (Wildman–Crippen MR) is 154 cm³/mol. The van der Waals surface area contributed by atoms with Crippen molar-refractivity contribution in [3.05, 3.63) is 93.0 Å². The number of nitrogen functional groups attached to an aromatic ring is 1. The van der Waals surface area contributed by atoms with Crippen molar-refractivity contribution in [2.24, 2.45) is 10.7 Å². The van der Waals surface area contributed by atoms with Crippen LogP contribution in [0.5, 0.6) is 5.75 Å². The van der Waals surface area contributed by atoms with Crippen molar-refractivity contribution in [1.82, 2.24) is 19.7 Å². The van der Waals surface area contributed by atoms with Gasteiger partial charge in [-0.15, -0.1) is 5.10 Å². The summed E-state index contributed by atoms with van der Waals surface area (Å²) < 4.78 is 22.4. The average molecular weight is 579 g/mol. The normalized spacial score (nSPS) is 12.5. The van der Waals surface area contributed by atoms with Gasteiger partial charge in [0.1, 0.15) is 18.5 Å². The molecule has 2 aromatic carbocycles. The van der Waals surface area contributed by atoms with E-state index in [1.807, 2.05) is 19.1 Å². The number of aliphatic imine (C=N–C) groups is 1. The zero-order valence-corrected chi connectivity index (χ0v) is 23.0. The molecular weight excluding hydrogens is 547 g/mol. The van der Waals surface area contributed by atoms with E-state index in [0.29, 0.717) is 24.5 Å². The van der Waals surface area contributed by atoms with Gasteiger partial charge in [0.25, 0.3) is 5.97 Å². The van der Waals surface area contributed by atoms with Crippen molar-refractivity contribution in [3.63, 3.8) is 0 Å². The van der Waals surface area contributed by atoms with E-state index in [-0.39, 0.29) is 41.9 Å². The van der Waals surface area contributed by atoms with E-state index in [4.69, 9.17) is 26.1 Å². The van der Waals surface area contributed by atoms with E-state index in [1.165, 1.54) is 6.20 Å². The van der Waals surface area contributed by atoms with Crippen molar-refractivity contribution in [2.75, 3.05) is 24.3 Å². The van der Waals surface area contributed by atoms with Crippen molar-refractivity contribution in [1.29, 1.82) is 0 Å². The van der Waals surface area contributed by atoms with Crippen LogP contribution in [0.25, 0.3) is 5.82 Å². The highest BCUT2D eigenvalue weighted by Crippen LogP contribution is 2.33. The summed E-state index contributed by atoms with van der Waals surface area (Å²) in [5.74, 6) is -0.734. The average Bonchev–Trinajstić information content (AvgIpc) is 3.53. The zero-order valence-electron chi connectivity index (χ0n) is 23.0. The van der Waals surface area contributed by atoms with Gasteiger partial charge in [-0.2, -0.15) is 4.68 Å². The number of nitrogens with two attached hydrogens (primary N) is 2. The van der Waals surface area contributed by atoms with E-state index in [9.17, 15) is 9.90 Å². The first-order chi connectivity index (χ1) is 20.1. The Kier molecular flexibility index (Phi) is 9.17. The van der Waals surface area contributed by atoms with Gasteiger partial charge in [0.15, 0.2) is 23.2 Å². The molecule has 1 atom stereocenters. The minimum absolute atomic E-state index is 0.00826. The summed E-state index contributed by atoms with van der Waals surface area (Å²) in [6.45, 7) is 3.11. The molecule has 3 heterocycles. The standard InChI is InChI=1S/C26H27FN8O3.C2H4O2/c1-2-14-10-18(21(27)20(11-14)38-9-8-36)22(32-16-5-6-17-15(12-16)13-31-23(17)29)24-33-26(37)35(34-24)25-19(28)4-3-7-30-25;1-2(3)4/h3-7,10-12,22,32,36H,2,8-9,13,28H2,1H3,(H2,29,31)(H,33,34,37);1H3,(H,3,4)/t22-;/m0./s1. The number of benzene rings is 2. The molecule has 0 fully saturated rings. The van der Waals surface area contributed by atoms with Gasteiger partial charge in [-0.05, 0) is 53.9 Å². The Balaban J connectivity index is 0.000000952. The Morgan fingerprint density at radius 3 is 2.71 bits per heavy atom. The van der Waals surface area contributed by atoms with Gasteiger partial charge < -0.3 is 31.7 Å². The first-order valence-electron chi connectivity index (χ1n) is 13.0. The van der Waals surface area contributed by atoms with Crippen molar-refractivity contribution in [2.45, 2.75) is 32.9 Å². The van der Waals surface area contributed by atoms with E-state index in [2.05, 4.69) is 25.4 Å². The summed E-state index contributed by atoms with van der Waals surface area (Å²) in [5.41, 5.74) is 15.0. The van der Waals surface area contributed by atoms with Crippen molar-refractivity contribution < 1.29 is 24.1 Å². The van der Waals surface area contributed by atoms with Gasteiger partial charge in [0.05, 0.1) is 18.8 Å². The maximum atomic E-state index is 15.9. The van der Waals surface area contributed by atoms with Crippen molar-refractivity contribution in [3.8, 4) is 11.6 Å². The van der Waals surface area contributed by atoms with Crippen LogP contribution in [0.1, 0.15) is 48.0 Å². The Bertz CT molecular complexity index is 1680. The number of carboxylic acid groups (broad SMARTS) is 1. The molecule has 220 valence electrons. The van der Waals surface area contributed by atoms with E-state index in [1.54, 1.807) is 30.3 Å². The van der Waals surface area contributed by atoms with Crippen LogP contribution >= 0.6 is 0 Å². The van der Waals surface area contributed by atoms with Gasteiger partial charge in [0.2, 0.25) is 0 Å². The minimum Gasteiger partial charge on any atom is -0.488 e. The number of carboxylic acids is 1. The molecule has 0 aliphatic carbocycles. The molecule has 1 aliphatic heterocycles. The van der Waals surface area contributed by atoms with Gasteiger partial charge in [0, 0.05) is 29.9 Å². The summed E-state index contributed by atoms with van der Waals surface area (Å²) in [4.78, 5) is 33.1. The van der Waals surface area contributed by atoms with Gasteiger partial charge in [-0.3, -0.25) is 14.8 Å². The topological polar surface area (TPSA) is 207 Å². The van der Waals surface area contributed by atoms with Gasteiger partial charge in [-0.1, -0.05) is 13.0 Å². The highest BCUT2D eigenvalue weighted by molar-refractivity contribution is 6.01. The summed E-state index contributed by atoms with van der Waals surface area (Å²) in [6.07, 6.45) is 2.09. The number of rotatable bonds is 9. The van der Waals surface area contributed by atoms with E-state index < -0.39 is 23.5 Å². The second-order valence-corrected chi connectivity index (χ2v) is 9.24. The van der Waals surface area contributed by atoms with Gasteiger partial charge in [-0.25, -0.2) is 14.2 Å². The largest absolute Gasteiger partial charge is 0.488 e. The number of anilines is 2. The lowest BCUT2D eigenvalue weighted by Crippen LogP contribution is -2.18. The molecule has 0 amide bonds. The summed E-state index contributed by atoms with van der Waals surface area (Å²) in [7, 11) is 0. The number of hydrogen-bond donors (Lipinski definition) is 6. The number of nitrogens with zero attached hydrogens (tertiary/aromatic N) is 4. The molecule has 5 rings (SSSR count). The fourth-order valence-corrected chi connectivity index (χ4v) is 4.33. The summed E-state index contributed by atoms with van der Waals surface area (Å²) in [5, 5.41) is 24.4. The molecule has 42 heavy (non-hydrogen) atoms. The number of aryl methyl sites for hydroxylation is 1. The first-order valence-corrected chi connectivity index (χ1v) is 13.0. The third-order valence-electron chi connectivity index (χ3n) is 6.23. The van der Waals surface area contributed by atoms with E-state index >= 15 is 4.39 Å². The Labute approximate surface area is 239 Å². The monoisotopic (exact) mass is 578 g/mol. The SMILES string of the molecule is CC(=O)O.CCc1cc(OCCO)c(F)c([C@H](Nc2ccc3c(c2)CN=C3N)c2nn(-c3ncccc3N)c(=O)[nH]2)c1. The van der Waals surface area contributed by atoms with Crippen LogP contribution < -0.4 is 27.2 Å². The number of fused-ring (bicyclic) bond motifs is 1. The minimum atomic E-state index is -0.936. The number of H-pyrrole nitrogens is 1. The van der Waals surface area contributed by atoms with Crippen LogP contribution in [0, 0.1) is 5.82 Å². The van der Waals surface area contributed by atoms with Gasteiger partial charge >= 0.3 is 5.69 Å². The molecule has 0 unspecified atom stereocenters. The molecule has 1 aliphatic rings. The number of pyridine rings is 1. The lowest BCUT2D eigenvalue weighted by atomic mass is 9.99. The lowest BCUT2D eigenvalue weighted by Gasteiger charge is -2.21. The number of halogens is 1. The molecule has 4 aromatic rings. The van der Waals surface area contributed by atoms with Crippen LogP contribution in [0.4, 0.5) is 15.8 Å². The van der Waals surface area contributed by atoms with Crippen LogP contribution in [-0.4, -0.2) is 55.0 Å². The lowest BCUT2D eigenvalue weighted by molar-refractivity contribution is -0.134. The number of aliphatic hydroxyl groups excluding tert-OH is 1. The molecule has 8 N–H and O–H groups in total. The fraction of sp³-hybridized carbons (Fsp3) is 0.250. The Morgan fingerprint density at radius 1 is 1.26 bits per heavy atom. The molecule has 0 saturated carbocycles. The molecule has 0 saturated heterocycles. The smallest absolute Gasteiger partial charge is 0.349 e. The maximum absolute atomic E-state index is 15.9. The third-order valence-corrected chi connectivity index (χ3v) is 6.23. The molecule has 13 nitrogen and oxygen atoms in total. The van der Waals surface area contributed by atoms with E-state index in [0.717, 1.165) is 28.3 Å². The number of aliphatic carboxylic acids is 1. The third kappa shape index (κ3) is 6.55. The molecule has 0 bridgehead atoms. The van der Waals surface area contributed by atoms with Crippen LogP contribution in [0.2, 0.25) is 0 Å². The van der Waals surface area contributed by atoms with Crippen molar-refractivity contribution >= 4 is 23.2 Å². The second kappa shape index (κ2) is 13.0. The number of aromatic amines is 1. The highest BCUT2D eigenvalue weighted by atomic mass is 19.1. The van der Waals surface area contributed by atoms with Crippen LogP contribution in [0.15, 0.2) is 58.4 Å². The van der Waals surface area contributed by atoms with Crippen LogP contribution in [0.3, 0.4) is 0 Å². The number of aromatic nitrogens is 4. The second-order valence-electron chi connectivity index (χ2n) is 9.24. The summed E-state index contributed by atoms with van der Waals surface area (Å²) >= 11 is 0. The fourth-order valence-electron chi connectivity index (χ4n) is 4.33. The number of ether oxygens (including phenoxy) is 1. The molecular formula is C28H31FN8O5. The number of carbonyl (C=O) groups is 1. The van der Waals surface area contributed by atoms with Crippen LogP contribution in [-0.2, 0) is 17.8 Å². The highest BCUT2D eigenvalue weighted by Gasteiger charge is 2.27. The number of nitrogens with one attached hydrogen (secondary N) is 2. The predicted octanol–water partition coefficient (Wildman–Crippen LogP) is 2.12. The zero-order chi connectivity index (χ0) is 30.4. The molecule has 2 aromatic heterocycles. The molecule has 14 heteroatoms. The quantitative estimate of drug-likeness (QED) is 0.170. The molecule has 0 spiro atoms. The number of aliphatic hydroxyl groups is 1. The number of amidine groups is 1. The first kappa shape index (κ1) is 29.7. The Hall–Kier alpha value is -5.24.